The second-order valence-corrected chi connectivity index (χ2v) is 15.4. The number of hydrogen-bond donors (Lipinski definition) is 1. The number of urea groups is 1. The highest BCUT2D eigenvalue weighted by molar-refractivity contribution is 6.99. The Balaban J connectivity index is 1.59. The summed E-state index contributed by atoms with van der Waals surface area (Å²) in [6, 6.07) is 24.3. The molecule has 1 heterocycles. The molecule has 1 aliphatic heterocycles. The minimum Gasteiger partial charge on any atom is -0.484 e. The first-order valence-corrected chi connectivity index (χ1v) is 15.5. The predicted octanol–water partition coefficient (Wildman–Crippen LogP) is 5.35. The summed E-state index contributed by atoms with van der Waals surface area (Å²) in [5.74, 6) is -0.549. The van der Waals surface area contributed by atoms with Crippen LogP contribution in [-0.4, -0.2) is 63.8 Å². The van der Waals surface area contributed by atoms with E-state index >= 15 is 0 Å². The third-order valence-electron chi connectivity index (χ3n) is 7.27. The molecule has 1 N–H and O–H groups in total. The molecular weight excluding hydrogens is 565 g/mol. The van der Waals surface area contributed by atoms with Gasteiger partial charge in [0.15, 0.2) is 6.61 Å². The Kier molecular flexibility index (Phi) is 9.32. The highest BCUT2D eigenvalue weighted by Gasteiger charge is 2.53. The molecule has 7 nitrogen and oxygen atoms in total. The molecule has 2 amide bonds. The first-order chi connectivity index (χ1) is 19.8. The van der Waals surface area contributed by atoms with Crippen LogP contribution in [0, 0.1) is 0 Å². The van der Waals surface area contributed by atoms with Crippen molar-refractivity contribution in [2.75, 3.05) is 25.6 Å². The van der Waals surface area contributed by atoms with Crippen molar-refractivity contribution in [1.29, 1.82) is 0 Å². The predicted molar refractivity (Wildman–Crippen MR) is 157 cm³/mol. The second kappa shape index (κ2) is 12.6. The van der Waals surface area contributed by atoms with Crippen LogP contribution >= 0.6 is 0 Å². The molecule has 0 saturated carbocycles. The number of likely N-dealkylation sites (tertiary alicyclic amines) is 1. The summed E-state index contributed by atoms with van der Waals surface area (Å²) in [6.07, 6.45) is -4.68. The molecule has 1 saturated heterocycles. The van der Waals surface area contributed by atoms with E-state index < -0.39 is 45.2 Å². The Bertz CT molecular complexity index is 1310. The number of halogens is 3. The minimum absolute atomic E-state index is 0.0118. The molecule has 0 spiro atoms. The van der Waals surface area contributed by atoms with Gasteiger partial charge in [0.05, 0.1) is 13.2 Å². The van der Waals surface area contributed by atoms with Gasteiger partial charge in [-0.25, -0.2) is 9.59 Å². The van der Waals surface area contributed by atoms with Gasteiger partial charge in [-0.15, -0.1) is 0 Å². The van der Waals surface area contributed by atoms with E-state index in [1.807, 2.05) is 36.4 Å². The van der Waals surface area contributed by atoms with Crippen LogP contribution in [0.5, 0.6) is 5.75 Å². The highest BCUT2D eigenvalue weighted by atomic mass is 28.4. The van der Waals surface area contributed by atoms with Crippen molar-refractivity contribution < 1.29 is 36.7 Å². The molecule has 0 aromatic heterocycles. The molecule has 42 heavy (non-hydrogen) atoms. The average molecular weight is 601 g/mol. The van der Waals surface area contributed by atoms with Gasteiger partial charge in [-0.1, -0.05) is 81.4 Å². The van der Waals surface area contributed by atoms with Gasteiger partial charge in [0.2, 0.25) is 0 Å². The fraction of sp³-hybridized carbons (Fsp3) is 0.355. The van der Waals surface area contributed by atoms with Crippen LogP contribution in [0.3, 0.4) is 0 Å². The van der Waals surface area contributed by atoms with Crippen LogP contribution in [0.15, 0.2) is 84.9 Å². The number of carbonyl (C=O) groups excluding carboxylic acids is 2. The lowest BCUT2D eigenvalue weighted by molar-refractivity contribution is -0.153. The number of hydrogen-bond acceptors (Lipinski definition) is 5. The Labute approximate surface area is 244 Å². The number of amides is 2. The lowest BCUT2D eigenvalue weighted by atomic mass is 10.2. The summed E-state index contributed by atoms with van der Waals surface area (Å²) in [7, 11) is -1.69. The normalized spacial score (nSPS) is 17.5. The maximum Gasteiger partial charge on any atom is 0.422 e. The SMILES string of the molecule is COC(=O)[C@H]1C[C@H](O[Si](c2ccccc2)(c2ccccc2)C(C)(C)C)CN1C(=O)Nc1ccc(OCC(F)(F)F)cc1. The summed E-state index contributed by atoms with van der Waals surface area (Å²) < 4.78 is 54.3. The van der Waals surface area contributed by atoms with Gasteiger partial charge in [-0.05, 0) is 39.7 Å². The molecule has 11 heteroatoms. The fourth-order valence-electron chi connectivity index (χ4n) is 5.40. The molecule has 0 bridgehead atoms. The van der Waals surface area contributed by atoms with Crippen LogP contribution in [0.4, 0.5) is 23.7 Å². The maximum atomic E-state index is 13.4. The number of esters is 1. The van der Waals surface area contributed by atoms with Gasteiger partial charge in [0.25, 0.3) is 8.32 Å². The number of benzene rings is 3. The lowest BCUT2D eigenvalue weighted by Crippen LogP contribution is -2.67. The Hall–Kier alpha value is -3.83. The number of rotatable bonds is 8. The topological polar surface area (TPSA) is 77.1 Å². The Morgan fingerprint density at radius 2 is 1.45 bits per heavy atom. The van der Waals surface area contributed by atoms with Crippen molar-refractivity contribution in [3.8, 4) is 5.75 Å². The van der Waals surface area contributed by atoms with Crippen LogP contribution in [0.1, 0.15) is 27.2 Å². The summed E-state index contributed by atoms with van der Waals surface area (Å²) in [5.41, 5.74) is 0.333. The lowest BCUT2D eigenvalue weighted by Gasteiger charge is -2.44. The maximum absolute atomic E-state index is 13.4. The molecule has 1 fully saturated rings. The molecule has 224 valence electrons. The number of carbonyl (C=O) groups is 2. The molecule has 2 atom stereocenters. The number of anilines is 1. The van der Waals surface area contributed by atoms with Gasteiger partial charge in [-0.2, -0.15) is 13.2 Å². The van der Waals surface area contributed by atoms with E-state index in [4.69, 9.17) is 13.9 Å². The number of alkyl halides is 3. The third kappa shape index (κ3) is 6.96. The standard InChI is InChI=1S/C31H35F3N2O5Si/c1-30(2,3)42(25-11-7-5-8-12-25,26-13-9-6-10-14-26)41-24-19-27(28(37)39-4)36(20-24)29(38)35-22-15-17-23(18-16-22)40-21-31(32,33)34/h5-18,24,27H,19-21H2,1-4H3,(H,35,38)/t24-,27+/m0/s1. The van der Waals surface area contributed by atoms with Crippen molar-refractivity contribution >= 4 is 36.4 Å². The molecular formula is C31H35F3N2O5Si. The van der Waals surface area contributed by atoms with Gasteiger partial charge in [-0.3, -0.25) is 0 Å². The smallest absolute Gasteiger partial charge is 0.422 e. The number of nitrogens with zero attached hydrogens (tertiary/aromatic N) is 1. The summed E-state index contributed by atoms with van der Waals surface area (Å²) in [4.78, 5) is 27.6. The largest absolute Gasteiger partial charge is 0.484 e. The van der Waals surface area contributed by atoms with Crippen molar-refractivity contribution in [2.24, 2.45) is 0 Å². The summed E-state index contributed by atoms with van der Waals surface area (Å²) in [6.45, 7) is 5.18. The third-order valence-corrected chi connectivity index (χ3v) is 12.4. The highest BCUT2D eigenvalue weighted by Crippen LogP contribution is 2.39. The number of ether oxygens (including phenoxy) is 2. The minimum atomic E-state index is -4.46. The monoisotopic (exact) mass is 600 g/mol. The van der Waals surface area contributed by atoms with Crippen LogP contribution in [-0.2, 0) is 14.0 Å². The quantitative estimate of drug-likeness (QED) is 0.279. The second-order valence-electron chi connectivity index (χ2n) is 11.2. The van der Waals surface area contributed by atoms with Crippen molar-refractivity contribution in [2.45, 2.75) is 50.6 Å². The molecule has 3 aromatic carbocycles. The number of nitrogens with one attached hydrogen (secondary N) is 1. The van der Waals surface area contributed by atoms with E-state index in [0.29, 0.717) is 5.69 Å². The molecule has 0 unspecified atom stereocenters. The van der Waals surface area contributed by atoms with E-state index in [2.05, 4.69) is 50.4 Å². The van der Waals surface area contributed by atoms with Crippen LogP contribution < -0.4 is 20.4 Å². The van der Waals surface area contributed by atoms with Gasteiger partial charge >= 0.3 is 18.2 Å². The van der Waals surface area contributed by atoms with E-state index in [1.54, 1.807) is 0 Å². The van der Waals surface area contributed by atoms with E-state index in [0.717, 1.165) is 10.4 Å². The van der Waals surface area contributed by atoms with Gasteiger partial charge in [0.1, 0.15) is 11.8 Å². The molecule has 0 radical (unpaired) electrons. The zero-order valence-electron chi connectivity index (χ0n) is 24.0. The average Bonchev–Trinajstić information content (AvgIpc) is 3.39. The van der Waals surface area contributed by atoms with Crippen molar-refractivity contribution in [3.05, 3.63) is 84.9 Å². The van der Waals surface area contributed by atoms with Crippen molar-refractivity contribution in [1.82, 2.24) is 4.90 Å². The van der Waals surface area contributed by atoms with Gasteiger partial charge < -0.3 is 24.1 Å². The van der Waals surface area contributed by atoms with E-state index in [-0.39, 0.29) is 23.8 Å². The summed E-state index contributed by atoms with van der Waals surface area (Å²) in [5, 5.41) is 4.58. The van der Waals surface area contributed by atoms with Crippen molar-refractivity contribution in [3.63, 3.8) is 0 Å². The van der Waals surface area contributed by atoms with Gasteiger partial charge in [0, 0.05) is 18.7 Å². The molecule has 0 aliphatic carbocycles. The first kappa shape index (κ1) is 31.1. The fourth-order valence-corrected chi connectivity index (χ4v) is 10.1. The molecule has 4 rings (SSSR count). The molecule has 3 aromatic rings. The molecule has 1 aliphatic rings. The van der Waals surface area contributed by atoms with Crippen LogP contribution in [0.25, 0.3) is 0 Å². The summed E-state index contributed by atoms with van der Waals surface area (Å²) >= 11 is 0. The van der Waals surface area contributed by atoms with Crippen LogP contribution in [0.2, 0.25) is 5.04 Å². The first-order valence-electron chi connectivity index (χ1n) is 13.6. The van der Waals surface area contributed by atoms with E-state index in [1.165, 1.54) is 36.3 Å². The zero-order valence-corrected chi connectivity index (χ0v) is 25.0. The number of methoxy groups -OCH3 is 1. The zero-order chi connectivity index (χ0) is 30.5. The Morgan fingerprint density at radius 3 is 1.93 bits per heavy atom. The van der Waals surface area contributed by atoms with E-state index in [9.17, 15) is 22.8 Å². The Morgan fingerprint density at radius 1 is 0.905 bits per heavy atom.